The zero-order chi connectivity index (χ0) is 20.8. The molecule has 2 rings (SSSR count). The standard InChI is InChI=1S/C21H32N4O3/c1-6-7-8-15(11-18(26)25-28)21(27)24-19(12(2)3)20-22-16-9-13(4)14(5)10-17(16)23-20/h9-10,12,15,19,28H,6-8,11H2,1-5H3,(H,22,23)(H,24,27)(H,25,26)/t15-,19+/m1/s1. The minimum Gasteiger partial charge on any atom is -0.346 e. The lowest BCUT2D eigenvalue weighted by Gasteiger charge is -2.23. The molecule has 0 saturated heterocycles. The molecule has 2 amide bonds. The molecule has 2 atom stereocenters. The van der Waals surface area contributed by atoms with Crippen molar-refractivity contribution in [1.29, 1.82) is 0 Å². The summed E-state index contributed by atoms with van der Waals surface area (Å²) in [6.07, 6.45) is 2.33. The Hall–Kier alpha value is -2.41. The SMILES string of the molecule is CCCC[C@H](CC(=O)NO)C(=O)N[C@H](c1nc2cc(C)c(C)cc2[nH]1)C(C)C. The minimum atomic E-state index is -0.549. The number of benzene rings is 1. The van der Waals surface area contributed by atoms with E-state index in [1.165, 1.54) is 11.1 Å². The van der Waals surface area contributed by atoms with Crippen LogP contribution in [0.1, 0.15) is 69.4 Å². The first-order chi connectivity index (χ1) is 13.3. The molecule has 0 spiro atoms. The molecule has 2 aromatic rings. The van der Waals surface area contributed by atoms with Gasteiger partial charge in [0.15, 0.2) is 0 Å². The number of carbonyl (C=O) groups excluding carboxylic acids is 2. The summed E-state index contributed by atoms with van der Waals surface area (Å²) in [5.41, 5.74) is 5.80. The van der Waals surface area contributed by atoms with Gasteiger partial charge in [0.2, 0.25) is 11.8 Å². The molecule has 0 fully saturated rings. The Labute approximate surface area is 166 Å². The Morgan fingerprint density at radius 3 is 2.50 bits per heavy atom. The number of hydroxylamine groups is 1. The second-order valence-corrected chi connectivity index (χ2v) is 7.88. The maximum absolute atomic E-state index is 12.9. The number of unbranched alkanes of at least 4 members (excludes halogenated alkanes) is 1. The lowest BCUT2D eigenvalue weighted by molar-refractivity contribution is -0.135. The molecule has 0 aliphatic rings. The average molecular weight is 389 g/mol. The van der Waals surface area contributed by atoms with Crippen LogP contribution in [0.5, 0.6) is 0 Å². The van der Waals surface area contributed by atoms with Crippen molar-refractivity contribution in [3.63, 3.8) is 0 Å². The fourth-order valence-corrected chi connectivity index (χ4v) is 3.30. The van der Waals surface area contributed by atoms with Crippen molar-refractivity contribution in [3.8, 4) is 0 Å². The van der Waals surface area contributed by atoms with Gasteiger partial charge in [-0.15, -0.1) is 0 Å². The van der Waals surface area contributed by atoms with Crippen molar-refractivity contribution in [1.82, 2.24) is 20.8 Å². The van der Waals surface area contributed by atoms with E-state index >= 15 is 0 Å². The molecule has 28 heavy (non-hydrogen) atoms. The number of aromatic amines is 1. The third-order valence-electron chi connectivity index (χ3n) is 5.21. The highest BCUT2D eigenvalue weighted by molar-refractivity contribution is 5.85. The molecule has 0 saturated carbocycles. The molecule has 0 aliphatic heterocycles. The normalized spacial score (nSPS) is 13.5. The molecule has 154 valence electrons. The third-order valence-corrected chi connectivity index (χ3v) is 5.21. The van der Waals surface area contributed by atoms with Gasteiger partial charge in [0, 0.05) is 12.3 Å². The highest BCUT2D eigenvalue weighted by Gasteiger charge is 2.27. The van der Waals surface area contributed by atoms with Crippen molar-refractivity contribution < 1.29 is 14.8 Å². The Kier molecular flexibility index (Phi) is 7.57. The highest BCUT2D eigenvalue weighted by Crippen LogP contribution is 2.25. The number of aromatic nitrogens is 2. The summed E-state index contributed by atoms with van der Waals surface area (Å²) in [6, 6.07) is 3.82. The summed E-state index contributed by atoms with van der Waals surface area (Å²) in [5, 5.41) is 11.9. The Morgan fingerprint density at radius 1 is 1.21 bits per heavy atom. The minimum absolute atomic E-state index is 0.0360. The number of imidazole rings is 1. The third kappa shape index (κ3) is 5.32. The summed E-state index contributed by atoms with van der Waals surface area (Å²) in [7, 11) is 0. The molecule has 1 aromatic heterocycles. The Bertz CT molecular complexity index is 789. The van der Waals surface area contributed by atoms with Crippen LogP contribution >= 0.6 is 0 Å². The van der Waals surface area contributed by atoms with Crippen LogP contribution in [-0.4, -0.2) is 27.0 Å². The lowest BCUT2D eigenvalue weighted by Crippen LogP contribution is -2.38. The maximum atomic E-state index is 12.9. The van der Waals surface area contributed by atoms with E-state index in [0.717, 1.165) is 23.9 Å². The van der Waals surface area contributed by atoms with Crippen LogP contribution in [-0.2, 0) is 9.59 Å². The number of carbonyl (C=O) groups is 2. The van der Waals surface area contributed by atoms with Gasteiger partial charge in [0.1, 0.15) is 5.82 Å². The fourth-order valence-electron chi connectivity index (χ4n) is 3.30. The summed E-state index contributed by atoms with van der Waals surface area (Å²) in [4.78, 5) is 32.5. The second kappa shape index (κ2) is 9.68. The monoisotopic (exact) mass is 388 g/mol. The summed E-state index contributed by atoms with van der Waals surface area (Å²) in [5.74, 6) is -0.396. The molecule has 1 aromatic carbocycles. The first-order valence-corrected chi connectivity index (χ1v) is 9.96. The summed E-state index contributed by atoms with van der Waals surface area (Å²) in [6.45, 7) is 10.2. The van der Waals surface area contributed by atoms with Crippen LogP contribution in [0.25, 0.3) is 11.0 Å². The van der Waals surface area contributed by atoms with E-state index in [0.29, 0.717) is 12.2 Å². The van der Waals surface area contributed by atoms with Gasteiger partial charge in [-0.05, 0) is 49.4 Å². The molecule has 0 radical (unpaired) electrons. The van der Waals surface area contributed by atoms with Crippen molar-refractivity contribution in [3.05, 3.63) is 29.1 Å². The van der Waals surface area contributed by atoms with E-state index in [-0.39, 0.29) is 24.3 Å². The maximum Gasteiger partial charge on any atom is 0.244 e. The number of hydrogen-bond donors (Lipinski definition) is 4. The number of aryl methyl sites for hydroxylation is 2. The van der Waals surface area contributed by atoms with Crippen LogP contribution in [0.2, 0.25) is 0 Å². The molecule has 0 aliphatic carbocycles. The van der Waals surface area contributed by atoms with Crippen molar-refractivity contribution in [2.75, 3.05) is 0 Å². The second-order valence-electron chi connectivity index (χ2n) is 7.88. The van der Waals surface area contributed by atoms with Crippen LogP contribution < -0.4 is 10.8 Å². The van der Waals surface area contributed by atoms with Crippen LogP contribution in [0.4, 0.5) is 0 Å². The molecular weight excluding hydrogens is 356 g/mol. The van der Waals surface area contributed by atoms with E-state index in [1.807, 2.05) is 26.8 Å². The number of rotatable bonds is 9. The smallest absolute Gasteiger partial charge is 0.244 e. The van der Waals surface area contributed by atoms with Gasteiger partial charge in [-0.3, -0.25) is 14.8 Å². The fraction of sp³-hybridized carbons (Fsp3) is 0.571. The predicted molar refractivity (Wildman–Crippen MR) is 109 cm³/mol. The predicted octanol–water partition coefficient (Wildman–Crippen LogP) is 3.69. The number of fused-ring (bicyclic) bond motifs is 1. The van der Waals surface area contributed by atoms with E-state index < -0.39 is 11.8 Å². The van der Waals surface area contributed by atoms with Gasteiger partial charge in [0.25, 0.3) is 0 Å². The molecule has 7 heteroatoms. The van der Waals surface area contributed by atoms with Crippen LogP contribution in [0.3, 0.4) is 0 Å². The number of H-pyrrole nitrogens is 1. The van der Waals surface area contributed by atoms with E-state index in [4.69, 9.17) is 10.2 Å². The molecule has 0 unspecified atom stereocenters. The first-order valence-electron chi connectivity index (χ1n) is 9.96. The molecule has 4 N–H and O–H groups in total. The van der Waals surface area contributed by atoms with E-state index in [9.17, 15) is 9.59 Å². The molecular formula is C21H32N4O3. The van der Waals surface area contributed by atoms with E-state index in [2.05, 4.69) is 30.2 Å². The van der Waals surface area contributed by atoms with Gasteiger partial charge in [-0.2, -0.15) is 0 Å². The molecule has 1 heterocycles. The quantitative estimate of drug-likeness (QED) is 0.388. The number of nitrogens with one attached hydrogen (secondary N) is 3. The molecule has 7 nitrogen and oxygen atoms in total. The van der Waals surface area contributed by atoms with Gasteiger partial charge in [-0.25, -0.2) is 10.5 Å². The number of hydrogen-bond acceptors (Lipinski definition) is 4. The van der Waals surface area contributed by atoms with Crippen molar-refractivity contribution in [2.24, 2.45) is 11.8 Å². The van der Waals surface area contributed by atoms with Crippen molar-refractivity contribution in [2.45, 2.75) is 66.3 Å². The van der Waals surface area contributed by atoms with Gasteiger partial charge < -0.3 is 10.3 Å². The van der Waals surface area contributed by atoms with Crippen LogP contribution in [0.15, 0.2) is 12.1 Å². The summed E-state index contributed by atoms with van der Waals surface area (Å²) >= 11 is 0. The number of amides is 2. The highest BCUT2D eigenvalue weighted by atomic mass is 16.5. The summed E-state index contributed by atoms with van der Waals surface area (Å²) < 4.78 is 0. The van der Waals surface area contributed by atoms with Gasteiger partial charge >= 0.3 is 0 Å². The zero-order valence-electron chi connectivity index (χ0n) is 17.4. The Morgan fingerprint density at radius 2 is 1.89 bits per heavy atom. The van der Waals surface area contributed by atoms with Gasteiger partial charge in [0.05, 0.1) is 17.1 Å². The van der Waals surface area contributed by atoms with Crippen molar-refractivity contribution >= 4 is 22.8 Å². The van der Waals surface area contributed by atoms with E-state index in [1.54, 1.807) is 5.48 Å². The van der Waals surface area contributed by atoms with Gasteiger partial charge in [-0.1, -0.05) is 33.6 Å². The first kappa shape index (κ1) is 21.9. The average Bonchev–Trinajstić information content (AvgIpc) is 3.04. The van der Waals surface area contributed by atoms with Crippen LogP contribution in [0, 0.1) is 25.7 Å². The topological polar surface area (TPSA) is 107 Å². The lowest BCUT2D eigenvalue weighted by atomic mass is 9.95. The molecule has 0 bridgehead atoms. The zero-order valence-corrected chi connectivity index (χ0v) is 17.4. The number of nitrogens with zero attached hydrogens (tertiary/aromatic N) is 1. The Balaban J connectivity index is 2.25. The largest absolute Gasteiger partial charge is 0.346 e.